The number of nitrogens with zero attached hydrogens (tertiary/aromatic N) is 1. The number of fused-ring (bicyclic) bond motifs is 10. The standard InChI is InChI=1S/C32H21NS/c1-3-11-22-20(8-1)10-7-15-26(22)33-27-14-6-5-13-24(27)30-28(33)18-19-29-31(30)25-17-16-21-9-2-4-12-23(21)32(25)34-29/h1-3,5-11,13-19H,4,12H2. The van der Waals surface area contributed by atoms with Crippen LogP contribution in [0.5, 0.6) is 0 Å². The molecule has 0 N–H and O–H groups in total. The minimum Gasteiger partial charge on any atom is -0.309 e. The lowest BCUT2D eigenvalue weighted by Crippen LogP contribution is -1.95. The maximum absolute atomic E-state index is 2.47. The second-order valence-corrected chi connectivity index (χ2v) is 10.3. The summed E-state index contributed by atoms with van der Waals surface area (Å²) in [4.78, 5) is 0. The molecule has 8 rings (SSSR count). The lowest BCUT2D eigenvalue weighted by atomic mass is 9.95. The minimum atomic E-state index is 1.14. The predicted molar refractivity (Wildman–Crippen MR) is 149 cm³/mol. The first-order chi connectivity index (χ1) is 16.9. The molecule has 0 bridgehead atoms. The average Bonchev–Trinajstić information content (AvgIpc) is 3.44. The second kappa shape index (κ2) is 6.82. The Morgan fingerprint density at radius 2 is 1.50 bits per heavy atom. The van der Waals surface area contributed by atoms with Crippen LogP contribution < -0.4 is 0 Å². The van der Waals surface area contributed by atoms with Crippen LogP contribution in [0.4, 0.5) is 0 Å². The molecule has 2 aromatic heterocycles. The van der Waals surface area contributed by atoms with Crippen LogP contribution in [0.25, 0.3) is 64.5 Å². The van der Waals surface area contributed by atoms with Crippen molar-refractivity contribution in [3.63, 3.8) is 0 Å². The van der Waals surface area contributed by atoms with E-state index in [1.54, 1.807) is 0 Å². The molecule has 160 valence electrons. The number of thiophene rings is 1. The van der Waals surface area contributed by atoms with Crippen LogP contribution in [0.1, 0.15) is 17.5 Å². The summed E-state index contributed by atoms with van der Waals surface area (Å²) in [6, 6.07) is 33.6. The molecule has 0 radical (unpaired) electrons. The molecule has 0 saturated heterocycles. The second-order valence-electron chi connectivity index (χ2n) is 9.24. The topological polar surface area (TPSA) is 4.93 Å². The molecule has 0 spiro atoms. The van der Waals surface area contributed by atoms with E-state index in [1.165, 1.54) is 69.6 Å². The van der Waals surface area contributed by atoms with Gasteiger partial charge in [0.05, 0.1) is 16.7 Å². The van der Waals surface area contributed by atoms with Crippen molar-refractivity contribution in [1.82, 2.24) is 4.57 Å². The average molecular weight is 452 g/mol. The van der Waals surface area contributed by atoms with Gasteiger partial charge in [-0.1, -0.05) is 78.9 Å². The number of para-hydroxylation sites is 1. The van der Waals surface area contributed by atoms with E-state index in [9.17, 15) is 0 Å². The van der Waals surface area contributed by atoms with Crippen molar-refractivity contribution in [2.24, 2.45) is 0 Å². The van der Waals surface area contributed by atoms with Crippen LogP contribution in [0, 0.1) is 0 Å². The normalized spacial score (nSPS) is 13.5. The quantitative estimate of drug-likeness (QED) is 0.234. The van der Waals surface area contributed by atoms with Gasteiger partial charge < -0.3 is 4.57 Å². The largest absolute Gasteiger partial charge is 0.309 e. The van der Waals surface area contributed by atoms with Gasteiger partial charge in [0.1, 0.15) is 0 Å². The molecule has 7 aromatic rings. The van der Waals surface area contributed by atoms with Crippen molar-refractivity contribution in [2.75, 3.05) is 0 Å². The monoisotopic (exact) mass is 451 g/mol. The van der Waals surface area contributed by atoms with Crippen LogP contribution in [-0.4, -0.2) is 4.57 Å². The van der Waals surface area contributed by atoms with E-state index in [0.717, 1.165) is 12.8 Å². The Bertz CT molecular complexity index is 1960. The number of aryl methyl sites for hydroxylation is 1. The molecule has 1 nitrogen and oxygen atoms in total. The third kappa shape index (κ3) is 2.39. The first-order valence-corrected chi connectivity index (χ1v) is 12.7. The number of hydrogen-bond donors (Lipinski definition) is 0. The van der Waals surface area contributed by atoms with Crippen molar-refractivity contribution in [2.45, 2.75) is 12.8 Å². The van der Waals surface area contributed by atoms with Gasteiger partial charge in [-0.25, -0.2) is 0 Å². The first kappa shape index (κ1) is 18.5. The summed E-state index contributed by atoms with van der Waals surface area (Å²) in [5.41, 5.74) is 6.70. The summed E-state index contributed by atoms with van der Waals surface area (Å²) in [5.74, 6) is 0. The van der Waals surface area contributed by atoms with Crippen LogP contribution in [0.3, 0.4) is 0 Å². The van der Waals surface area contributed by atoms with E-state index in [4.69, 9.17) is 0 Å². The summed E-state index contributed by atoms with van der Waals surface area (Å²) in [6.07, 6.45) is 6.87. The molecular weight excluding hydrogens is 430 g/mol. The Balaban J connectivity index is 1.58. The zero-order chi connectivity index (χ0) is 22.2. The van der Waals surface area contributed by atoms with Crippen molar-refractivity contribution in [3.8, 4) is 5.69 Å². The molecule has 0 aliphatic heterocycles. The third-order valence-electron chi connectivity index (χ3n) is 7.44. The van der Waals surface area contributed by atoms with E-state index in [2.05, 4.69) is 108 Å². The van der Waals surface area contributed by atoms with Gasteiger partial charge in [0.25, 0.3) is 0 Å². The summed E-state index contributed by atoms with van der Waals surface area (Å²) >= 11 is 1.96. The SMILES string of the molecule is C1=Cc2ccc3c(sc4ccc5c(c6ccccc6n5-c5cccc6ccccc56)c43)c2CC1. The maximum Gasteiger partial charge on any atom is 0.0548 e. The van der Waals surface area contributed by atoms with Crippen molar-refractivity contribution in [1.29, 1.82) is 0 Å². The van der Waals surface area contributed by atoms with E-state index in [-0.39, 0.29) is 0 Å². The number of allylic oxidation sites excluding steroid dienone is 1. The summed E-state index contributed by atoms with van der Waals surface area (Å²) < 4.78 is 5.31. The number of hydrogen-bond acceptors (Lipinski definition) is 1. The molecule has 1 aliphatic carbocycles. The first-order valence-electron chi connectivity index (χ1n) is 11.9. The Hall–Kier alpha value is -3.88. The highest BCUT2D eigenvalue weighted by atomic mass is 32.1. The highest BCUT2D eigenvalue weighted by molar-refractivity contribution is 7.26. The fourth-order valence-electron chi connectivity index (χ4n) is 5.98. The Morgan fingerprint density at radius 1 is 0.647 bits per heavy atom. The Labute approximate surface area is 201 Å². The number of rotatable bonds is 1. The summed E-state index contributed by atoms with van der Waals surface area (Å²) in [5, 5.41) is 8.06. The third-order valence-corrected chi connectivity index (χ3v) is 8.67. The molecule has 0 fully saturated rings. The van der Waals surface area contributed by atoms with Gasteiger partial charge >= 0.3 is 0 Å². The van der Waals surface area contributed by atoms with Gasteiger partial charge in [0.2, 0.25) is 0 Å². The summed E-state index contributed by atoms with van der Waals surface area (Å²) in [6.45, 7) is 0. The molecule has 34 heavy (non-hydrogen) atoms. The molecule has 1 aliphatic rings. The van der Waals surface area contributed by atoms with Crippen LogP contribution >= 0.6 is 11.3 Å². The maximum atomic E-state index is 2.47. The minimum absolute atomic E-state index is 1.14. The fourth-order valence-corrected chi connectivity index (χ4v) is 7.27. The van der Waals surface area contributed by atoms with E-state index < -0.39 is 0 Å². The van der Waals surface area contributed by atoms with Crippen molar-refractivity contribution >= 4 is 70.2 Å². The molecule has 0 saturated carbocycles. The summed E-state index contributed by atoms with van der Waals surface area (Å²) in [7, 11) is 0. The highest BCUT2D eigenvalue weighted by Gasteiger charge is 2.20. The highest BCUT2D eigenvalue weighted by Crippen LogP contribution is 2.45. The molecule has 2 heteroatoms. The smallest absolute Gasteiger partial charge is 0.0548 e. The van der Waals surface area contributed by atoms with E-state index in [0.29, 0.717) is 0 Å². The van der Waals surface area contributed by atoms with Gasteiger partial charge in [-0.05, 0) is 53.6 Å². The molecule has 0 unspecified atom stereocenters. The number of benzene rings is 5. The lowest BCUT2D eigenvalue weighted by Gasteiger charge is -2.11. The van der Waals surface area contributed by atoms with Crippen molar-refractivity contribution < 1.29 is 0 Å². The predicted octanol–water partition coefficient (Wildman–Crippen LogP) is 9.26. The van der Waals surface area contributed by atoms with Crippen molar-refractivity contribution in [3.05, 3.63) is 108 Å². The van der Waals surface area contributed by atoms with E-state index >= 15 is 0 Å². The van der Waals surface area contributed by atoms with Crippen LogP contribution in [0.2, 0.25) is 0 Å². The lowest BCUT2D eigenvalue weighted by molar-refractivity contribution is 1.000. The zero-order valence-electron chi connectivity index (χ0n) is 18.6. The van der Waals surface area contributed by atoms with Crippen LogP contribution in [0.15, 0.2) is 97.1 Å². The molecule has 0 atom stereocenters. The fraction of sp³-hybridized carbons (Fsp3) is 0.0625. The molecule has 0 amide bonds. The Morgan fingerprint density at radius 3 is 2.47 bits per heavy atom. The Kier molecular flexibility index (Phi) is 3.72. The van der Waals surface area contributed by atoms with Crippen LogP contribution in [-0.2, 0) is 6.42 Å². The molecular formula is C32H21NS. The van der Waals surface area contributed by atoms with Gasteiger partial charge in [-0.3, -0.25) is 0 Å². The zero-order valence-corrected chi connectivity index (χ0v) is 19.4. The van der Waals surface area contributed by atoms with E-state index in [1.807, 2.05) is 11.3 Å². The molecule has 2 heterocycles. The van der Waals surface area contributed by atoms with Gasteiger partial charge in [0.15, 0.2) is 0 Å². The number of aromatic nitrogens is 1. The van der Waals surface area contributed by atoms with Gasteiger partial charge in [0, 0.05) is 36.3 Å². The molecule has 5 aromatic carbocycles. The van der Waals surface area contributed by atoms with Gasteiger partial charge in [-0.2, -0.15) is 0 Å². The van der Waals surface area contributed by atoms with Gasteiger partial charge in [-0.15, -0.1) is 11.3 Å².